The van der Waals surface area contributed by atoms with Gasteiger partial charge in [0.1, 0.15) is 0 Å². The fourth-order valence-electron chi connectivity index (χ4n) is 2.93. The molecule has 2 aromatic carbocycles. The smallest absolute Gasteiger partial charge is 0.338 e. The summed E-state index contributed by atoms with van der Waals surface area (Å²) in [4.78, 5) is 26.6. The van der Waals surface area contributed by atoms with E-state index in [9.17, 15) is 9.59 Å². The lowest BCUT2D eigenvalue weighted by atomic mass is 10.1. The summed E-state index contributed by atoms with van der Waals surface area (Å²) >= 11 is 0. The number of aryl methyl sites for hydroxylation is 2. The number of rotatable bonds is 3. The molecule has 0 aromatic heterocycles. The molecular formula is C20H21NO3. The van der Waals surface area contributed by atoms with Gasteiger partial charge in [0.15, 0.2) is 6.10 Å². The molecule has 0 N–H and O–H groups in total. The van der Waals surface area contributed by atoms with Crippen LogP contribution in [0.5, 0.6) is 0 Å². The molecule has 3 rings (SSSR count). The molecule has 1 amide bonds. The number of esters is 1. The van der Waals surface area contributed by atoms with Gasteiger partial charge in [-0.05, 0) is 62.1 Å². The van der Waals surface area contributed by atoms with Gasteiger partial charge in [-0.1, -0.05) is 24.3 Å². The van der Waals surface area contributed by atoms with E-state index in [-0.39, 0.29) is 5.91 Å². The normalized spacial score (nSPS) is 14.2. The van der Waals surface area contributed by atoms with Crippen LogP contribution in [-0.4, -0.2) is 24.5 Å². The Morgan fingerprint density at radius 1 is 1.08 bits per heavy atom. The molecule has 1 aliphatic heterocycles. The summed E-state index contributed by atoms with van der Waals surface area (Å²) in [7, 11) is 0. The Kier molecular flexibility index (Phi) is 4.38. The highest BCUT2D eigenvalue weighted by Crippen LogP contribution is 2.28. The highest BCUT2D eigenvalue weighted by atomic mass is 16.5. The molecule has 4 nitrogen and oxygen atoms in total. The van der Waals surface area contributed by atoms with Gasteiger partial charge in [-0.2, -0.15) is 0 Å². The second-order valence-corrected chi connectivity index (χ2v) is 6.22. The predicted octanol–water partition coefficient (Wildman–Crippen LogP) is 3.44. The fraction of sp³-hybridized carbons (Fsp3) is 0.300. The molecule has 124 valence electrons. The minimum Gasteiger partial charge on any atom is -0.449 e. The quantitative estimate of drug-likeness (QED) is 0.813. The summed E-state index contributed by atoms with van der Waals surface area (Å²) in [5.74, 6) is -0.649. The van der Waals surface area contributed by atoms with E-state index in [1.54, 1.807) is 24.0 Å². The maximum atomic E-state index is 12.6. The average Bonchev–Trinajstić information content (AvgIpc) is 3.00. The summed E-state index contributed by atoms with van der Waals surface area (Å²) in [6.07, 6.45) is 0.0185. The number of carbonyl (C=O) groups excluding carboxylic acids is 2. The van der Waals surface area contributed by atoms with Crippen molar-refractivity contribution in [2.75, 3.05) is 11.4 Å². The molecule has 1 atom stereocenters. The summed E-state index contributed by atoms with van der Waals surface area (Å²) in [5, 5.41) is 0. The van der Waals surface area contributed by atoms with Gasteiger partial charge < -0.3 is 9.64 Å². The first kappa shape index (κ1) is 16.2. The van der Waals surface area contributed by atoms with Crippen LogP contribution in [0.4, 0.5) is 5.69 Å². The van der Waals surface area contributed by atoms with E-state index in [0.29, 0.717) is 12.1 Å². The third kappa shape index (κ3) is 3.04. The van der Waals surface area contributed by atoms with E-state index < -0.39 is 12.1 Å². The fourth-order valence-corrected chi connectivity index (χ4v) is 2.93. The number of anilines is 1. The first-order chi connectivity index (χ1) is 11.5. The van der Waals surface area contributed by atoms with E-state index >= 15 is 0 Å². The minimum absolute atomic E-state index is 0.183. The molecule has 0 fully saturated rings. The van der Waals surface area contributed by atoms with Gasteiger partial charge in [-0.25, -0.2) is 4.79 Å². The number of hydrogen-bond donors (Lipinski definition) is 0. The summed E-state index contributed by atoms with van der Waals surface area (Å²) in [6.45, 7) is 6.19. The van der Waals surface area contributed by atoms with Crippen LogP contribution in [0.25, 0.3) is 0 Å². The molecule has 4 heteroatoms. The SMILES string of the molecule is Cc1ccc(C(=O)O[C@H](C)C(=O)N2CCc3ccccc32)cc1C. The van der Waals surface area contributed by atoms with Crippen molar-refractivity contribution in [1.29, 1.82) is 0 Å². The molecule has 1 aliphatic rings. The molecule has 24 heavy (non-hydrogen) atoms. The van der Waals surface area contributed by atoms with Crippen LogP contribution in [-0.2, 0) is 16.0 Å². The van der Waals surface area contributed by atoms with Crippen LogP contribution in [0, 0.1) is 13.8 Å². The van der Waals surface area contributed by atoms with Gasteiger partial charge in [-0.3, -0.25) is 4.79 Å². The lowest BCUT2D eigenvalue weighted by molar-refractivity contribution is -0.126. The number of fused-ring (bicyclic) bond motifs is 1. The van der Waals surface area contributed by atoms with Crippen molar-refractivity contribution < 1.29 is 14.3 Å². The van der Waals surface area contributed by atoms with Crippen LogP contribution in [0.15, 0.2) is 42.5 Å². The van der Waals surface area contributed by atoms with Crippen molar-refractivity contribution in [2.24, 2.45) is 0 Å². The van der Waals surface area contributed by atoms with Crippen LogP contribution in [0.1, 0.15) is 34.0 Å². The molecule has 1 heterocycles. The minimum atomic E-state index is -0.815. The molecule has 0 saturated heterocycles. The molecular weight excluding hydrogens is 302 g/mol. The second-order valence-electron chi connectivity index (χ2n) is 6.22. The third-order valence-corrected chi connectivity index (χ3v) is 4.53. The number of carbonyl (C=O) groups is 2. The van der Waals surface area contributed by atoms with Crippen LogP contribution in [0.2, 0.25) is 0 Å². The Labute approximate surface area is 142 Å². The van der Waals surface area contributed by atoms with E-state index in [0.717, 1.165) is 28.8 Å². The average molecular weight is 323 g/mol. The van der Waals surface area contributed by atoms with E-state index in [1.807, 2.05) is 44.2 Å². The topological polar surface area (TPSA) is 46.6 Å². The van der Waals surface area contributed by atoms with Crippen molar-refractivity contribution in [2.45, 2.75) is 33.3 Å². The van der Waals surface area contributed by atoms with Gasteiger partial charge in [0, 0.05) is 12.2 Å². The molecule has 0 unspecified atom stereocenters. The summed E-state index contributed by atoms with van der Waals surface area (Å²) in [5.41, 5.74) is 4.68. The number of hydrogen-bond acceptors (Lipinski definition) is 3. The van der Waals surface area contributed by atoms with Crippen LogP contribution < -0.4 is 4.90 Å². The standard InChI is InChI=1S/C20H21NO3/c1-13-8-9-17(12-14(13)2)20(23)24-15(3)19(22)21-11-10-16-6-4-5-7-18(16)21/h4-9,12,15H,10-11H2,1-3H3/t15-/m1/s1. The van der Waals surface area contributed by atoms with Crippen molar-refractivity contribution in [3.05, 3.63) is 64.7 Å². The first-order valence-electron chi connectivity index (χ1n) is 8.15. The van der Waals surface area contributed by atoms with E-state index in [1.165, 1.54) is 0 Å². The Balaban J connectivity index is 1.70. The monoisotopic (exact) mass is 323 g/mol. The first-order valence-corrected chi connectivity index (χ1v) is 8.15. The summed E-state index contributed by atoms with van der Waals surface area (Å²) in [6, 6.07) is 13.2. The zero-order chi connectivity index (χ0) is 17.3. The van der Waals surface area contributed by atoms with Crippen molar-refractivity contribution in [3.8, 4) is 0 Å². The molecule has 0 bridgehead atoms. The van der Waals surface area contributed by atoms with Gasteiger partial charge >= 0.3 is 5.97 Å². The number of amides is 1. The Hall–Kier alpha value is -2.62. The van der Waals surface area contributed by atoms with E-state index in [2.05, 4.69) is 0 Å². The molecule has 0 saturated carbocycles. The highest BCUT2D eigenvalue weighted by Gasteiger charge is 2.29. The van der Waals surface area contributed by atoms with Gasteiger partial charge in [0.25, 0.3) is 5.91 Å². The molecule has 2 aromatic rings. The predicted molar refractivity (Wildman–Crippen MR) is 93.3 cm³/mol. The van der Waals surface area contributed by atoms with Crippen LogP contribution >= 0.6 is 0 Å². The maximum Gasteiger partial charge on any atom is 0.338 e. The third-order valence-electron chi connectivity index (χ3n) is 4.53. The lowest BCUT2D eigenvalue weighted by Gasteiger charge is -2.21. The van der Waals surface area contributed by atoms with Crippen LogP contribution in [0.3, 0.4) is 0 Å². The molecule has 0 aliphatic carbocycles. The second kappa shape index (κ2) is 6.48. The zero-order valence-electron chi connectivity index (χ0n) is 14.2. The van der Waals surface area contributed by atoms with Gasteiger partial charge in [0.2, 0.25) is 0 Å². The van der Waals surface area contributed by atoms with Crippen molar-refractivity contribution in [1.82, 2.24) is 0 Å². The number of nitrogens with zero attached hydrogens (tertiary/aromatic N) is 1. The highest BCUT2D eigenvalue weighted by molar-refractivity contribution is 6.00. The number of ether oxygens (including phenoxy) is 1. The lowest BCUT2D eigenvalue weighted by Crippen LogP contribution is -2.39. The molecule has 0 spiro atoms. The largest absolute Gasteiger partial charge is 0.449 e. The zero-order valence-corrected chi connectivity index (χ0v) is 14.2. The van der Waals surface area contributed by atoms with Crippen molar-refractivity contribution >= 4 is 17.6 Å². The van der Waals surface area contributed by atoms with Gasteiger partial charge in [0.05, 0.1) is 5.56 Å². The Bertz CT molecular complexity index is 797. The van der Waals surface area contributed by atoms with E-state index in [4.69, 9.17) is 4.74 Å². The Morgan fingerprint density at radius 3 is 2.58 bits per heavy atom. The molecule has 0 radical (unpaired) electrons. The summed E-state index contributed by atoms with van der Waals surface area (Å²) < 4.78 is 5.39. The maximum absolute atomic E-state index is 12.6. The Morgan fingerprint density at radius 2 is 1.83 bits per heavy atom. The number of benzene rings is 2. The van der Waals surface area contributed by atoms with Gasteiger partial charge in [-0.15, -0.1) is 0 Å². The van der Waals surface area contributed by atoms with Crippen molar-refractivity contribution in [3.63, 3.8) is 0 Å². The number of para-hydroxylation sites is 1.